The van der Waals surface area contributed by atoms with Crippen LogP contribution >= 0.6 is 11.6 Å². The summed E-state index contributed by atoms with van der Waals surface area (Å²) < 4.78 is 0. The minimum Gasteiger partial charge on any atom is -0.239 e. The van der Waals surface area contributed by atoms with Crippen LogP contribution in [0.5, 0.6) is 0 Å². The zero-order valence-electron chi connectivity index (χ0n) is 13.9. The van der Waals surface area contributed by atoms with Gasteiger partial charge in [0.25, 0.3) is 0 Å². The van der Waals surface area contributed by atoms with Gasteiger partial charge in [-0.1, -0.05) is 84.4 Å². The molecule has 0 saturated carbocycles. The highest BCUT2D eigenvalue weighted by molar-refractivity contribution is 6.29. The molecule has 0 amide bonds. The van der Waals surface area contributed by atoms with Gasteiger partial charge in [-0.25, -0.2) is 4.98 Å². The molecule has 1 aromatic heterocycles. The smallest absolute Gasteiger partial charge is 0.129 e. The third-order valence-corrected chi connectivity index (χ3v) is 6.00. The van der Waals surface area contributed by atoms with E-state index >= 15 is 0 Å². The van der Waals surface area contributed by atoms with Crippen molar-refractivity contribution in [3.63, 3.8) is 0 Å². The molecule has 6 rings (SSSR count). The molecule has 0 radical (unpaired) electrons. The summed E-state index contributed by atoms with van der Waals surface area (Å²) >= 11 is 6.37. The van der Waals surface area contributed by atoms with Crippen molar-refractivity contribution in [3.8, 4) is 22.3 Å². The van der Waals surface area contributed by atoms with Crippen LogP contribution in [0, 0.1) is 0 Å². The molecule has 0 unspecified atom stereocenters. The van der Waals surface area contributed by atoms with Gasteiger partial charge in [0.2, 0.25) is 0 Å². The van der Waals surface area contributed by atoms with Crippen LogP contribution in [0.4, 0.5) is 0 Å². The van der Waals surface area contributed by atoms with Crippen molar-refractivity contribution in [2.75, 3.05) is 0 Å². The number of nitrogens with zero attached hydrogens (tertiary/aromatic N) is 1. The fraction of sp³-hybridized carbons (Fsp3) is 0.0417. The second-order valence-corrected chi connectivity index (χ2v) is 7.30. The number of halogens is 1. The molecule has 0 fully saturated rings. The molecule has 122 valence electrons. The topological polar surface area (TPSA) is 12.9 Å². The van der Waals surface area contributed by atoms with Gasteiger partial charge in [-0.3, -0.25) is 0 Å². The van der Waals surface area contributed by atoms with Crippen LogP contribution in [0.2, 0.25) is 5.15 Å². The molecule has 1 nitrogen and oxygen atoms in total. The number of fused-ring (bicyclic) bond motifs is 10. The maximum absolute atomic E-state index is 6.37. The number of aromatic nitrogens is 1. The Balaban J connectivity index is 1.88. The van der Waals surface area contributed by atoms with Crippen LogP contribution < -0.4 is 0 Å². The van der Waals surface area contributed by atoms with Crippen molar-refractivity contribution >= 4 is 11.6 Å². The molecule has 2 aliphatic carbocycles. The molecular weight excluding hydrogens is 338 g/mol. The molecular formula is C24H14ClN. The van der Waals surface area contributed by atoms with Crippen LogP contribution in [-0.4, -0.2) is 4.98 Å². The number of hydrogen-bond acceptors (Lipinski definition) is 1. The lowest BCUT2D eigenvalue weighted by Crippen LogP contribution is -2.27. The Kier molecular flexibility index (Phi) is 2.66. The first-order chi connectivity index (χ1) is 12.8. The molecule has 0 bridgehead atoms. The summed E-state index contributed by atoms with van der Waals surface area (Å²) in [4.78, 5) is 4.87. The van der Waals surface area contributed by atoms with Gasteiger partial charge < -0.3 is 0 Å². The van der Waals surface area contributed by atoms with Crippen molar-refractivity contribution < 1.29 is 0 Å². The van der Waals surface area contributed by atoms with E-state index < -0.39 is 0 Å². The van der Waals surface area contributed by atoms with Crippen molar-refractivity contribution in [2.45, 2.75) is 5.41 Å². The Hall–Kier alpha value is -2.90. The van der Waals surface area contributed by atoms with Gasteiger partial charge in [0, 0.05) is 5.56 Å². The third kappa shape index (κ3) is 1.51. The third-order valence-electron chi connectivity index (χ3n) is 5.79. The van der Waals surface area contributed by atoms with Crippen LogP contribution in [0.15, 0.2) is 84.9 Å². The Morgan fingerprint density at radius 1 is 0.538 bits per heavy atom. The Morgan fingerprint density at radius 2 is 1.00 bits per heavy atom. The van der Waals surface area contributed by atoms with Gasteiger partial charge in [0.15, 0.2) is 0 Å². The number of rotatable bonds is 0. The summed E-state index contributed by atoms with van der Waals surface area (Å²) in [7, 11) is 0. The van der Waals surface area contributed by atoms with E-state index in [1.165, 1.54) is 38.9 Å². The lowest BCUT2D eigenvalue weighted by molar-refractivity contribution is 0.760. The molecule has 0 N–H and O–H groups in total. The Morgan fingerprint density at radius 3 is 1.54 bits per heavy atom. The molecule has 1 heterocycles. The number of pyridine rings is 1. The number of benzene rings is 3. The Bertz CT molecular complexity index is 1140. The first-order valence-corrected chi connectivity index (χ1v) is 9.16. The minimum atomic E-state index is -0.385. The first kappa shape index (κ1) is 14.3. The first-order valence-electron chi connectivity index (χ1n) is 8.78. The minimum absolute atomic E-state index is 0.385. The molecule has 1 spiro atoms. The van der Waals surface area contributed by atoms with Gasteiger partial charge in [-0.15, -0.1) is 0 Å². The molecule has 2 aliphatic rings. The van der Waals surface area contributed by atoms with Crippen molar-refractivity contribution in [1.82, 2.24) is 4.98 Å². The van der Waals surface area contributed by atoms with E-state index in [1.807, 2.05) is 6.07 Å². The summed E-state index contributed by atoms with van der Waals surface area (Å²) in [5, 5.41) is 0.540. The van der Waals surface area contributed by atoms with E-state index in [1.54, 1.807) is 0 Å². The lowest BCUT2D eigenvalue weighted by atomic mass is 9.72. The van der Waals surface area contributed by atoms with Crippen LogP contribution in [0.3, 0.4) is 0 Å². The second kappa shape index (κ2) is 4.84. The summed E-state index contributed by atoms with van der Waals surface area (Å²) in [6, 6.07) is 30.0. The SMILES string of the molecule is Clc1ccc2c(n1)C1(c3ccccc3-c3ccccc31)c1ccccc1-2. The highest BCUT2D eigenvalue weighted by Crippen LogP contribution is 2.62. The monoisotopic (exact) mass is 351 g/mol. The quantitative estimate of drug-likeness (QED) is 0.302. The van der Waals surface area contributed by atoms with Gasteiger partial charge >= 0.3 is 0 Å². The summed E-state index contributed by atoms with van der Waals surface area (Å²) in [5.41, 5.74) is 9.54. The average Bonchev–Trinajstić information content (AvgIpc) is 3.15. The molecule has 0 atom stereocenters. The average molecular weight is 352 g/mol. The van der Waals surface area contributed by atoms with E-state index in [-0.39, 0.29) is 5.41 Å². The van der Waals surface area contributed by atoms with Gasteiger partial charge in [-0.05, 0) is 45.5 Å². The molecule has 26 heavy (non-hydrogen) atoms. The largest absolute Gasteiger partial charge is 0.239 e. The Labute approximate surface area is 156 Å². The second-order valence-electron chi connectivity index (χ2n) is 6.92. The standard InChI is InChI=1S/C24H14ClN/c25-22-14-13-18-17-9-3-6-12-21(17)24(23(18)26-22)19-10-4-1-7-15(19)16-8-2-5-11-20(16)24/h1-14H. The maximum Gasteiger partial charge on any atom is 0.129 e. The highest BCUT2D eigenvalue weighted by atomic mass is 35.5. The number of hydrogen-bond donors (Lipinski definition) is 0. The van der Waals surface area contributed by atoms with Crippen molar-refractivity contribution in [2.24, 2.45) is 0 Å². The van der Waals surface area contributed by atoms with Gasteiger partial charge in [-0.2, -0.15) is 0 Å². The van der Waals surface area contributed by atoms with E-state index in [0.29, 0.717) is 5.15 Å². The van der Waals surface area contributed by atoms with Crippen LogP contribution in [-0.2, 0) is 5.41 Å². The van der Waals surface area contributed by atoms with Gasteiger partial charge in [0.05, 0.1) is 11.1 Å². The molecule has 2 heteroatoms. The zero-order chi connectivity index (χ0) is 17.3. The van der Waals surface area contributed by atoms with Gasteiger partial charge in [0.1, 0.15) is 5.15 Å². The molecule has 0 aliphatic heterocycles. The highest BCUT2D eigenvalue weighted by Gasteiger charge is 2.52. The van der Waals surface area contributed by atoms with E-state index in [9.17, 15) is 0 Å². The normalized spacial score (nSPS) is 14.7. The van der Waals surface area contributed by atoms with Crippen molar-refractivity contribution in [1.29, 1.82) is 0 Å². The molecule has 3 aromatic carbocycles. The fourth-order valence-corrected chi connectivity index (χ4v) is 5.04. The predicted molar refractivity (Wildman–Crippen MR) is 106 cm³/mol. The van der Waals surface area contributed by atoms with E-state index in [2.05, 4.69) is 78.9 Å². The van der Waals surface area contributed by atoms with Crippen molar-refractivity contribution in [3.05, 3.63) is 112 Å². The van der Waals surface area contributed by atoms with Crippen LogP contribution in [0.25, 0.3) is 22.3 Å². The molecule has 4 aromatic rings. The van der Waals surface area contributed by atoms with Crippen LogP contribution in [0.1, 0.15) is 22.4 Å². The summed E-state index contributed by atoms with van der Waals surface area (Å²) in [6.45, 7) is 0. The zero-order valence-corrected chi connectivity index (χ0v) is 14.7. The lowest BCUT2D eigenvalue weighted by Gasteiger charge is -2.29. The van der Waals surface area contributed by atoms with E-state index in [4.69, 9.17) is 16.6 Å². The fourth-order valence-electron chi connectivity index (χ4n) is 4.89. The molecule has 0 saturated heterocycles. The predicted octanol–water partition coefficient (Wildman–Crippen LogP) is 6.08. The summed E-state index contributed by atoms with van der Waals surface area (Å²) in [5.74, 6) is 0. The maximum atomic E-state index is 6.37. The van der Waals surface area contributed by atoms with E-state index in [0.717, 1.165) is 5.69 Å². The summed E-state index contributed by atoms with van der Waals surface area (Å²) in [6.07, 6.45) is 0.